The summed E-state index contributed by atoms with van der Waals surface area (Å²) in [7, 11) is 1.35. The Morgan fingerprint density at radius 2 is 1.96 bits per heavy atom. The van der Waals surface area contributed by atoms with Crippen LogP contribution in [0.15, 0.2) is 36.4 Å². The van der Waals surface area contributed by atoms with Gasteiger partial charge < -0.3 is 10.1 Å². The number of carbonyl (C=O) groups excluding carboxylic acids is 2. The summed E-state index contributed by atoms with van der Waals surface area (Å²) in [4.78, 5) is 24.0. The van der Waals surface area contributed by atoms with Gasteiger partial charge in [-0.1, -0.05) is 55.3 Å². The number of rotatable bonds is 7. The van der Waals surface area contributed by atoms with Crippen LogP contribution in [0.3, 0.4) is 0 Å². The Labute approximate surface area is 137 Å². The lowest BCUT2D eigenvalue weighted by atomic mass is 10.0. The molecule has 4 nitrogen and oxygen atoms in total. The highest BCUT2D eigenvalue weighted by Gasteiger charge is 2.23. The van der Waals surface area contributed by atoms with Gasteiger partial charge in [-0.05, 0) is 30.7 Å². The number of hydrogen-bond acceptors (Lipinski definition) is 3. The summed E-state index contributed by atoms with van der Waals surface area (Å²) < 4.78 is 4.80. The van der Waals surface area contributed by atoms with Crippen LogP contribution in [0.5, 0.6) is 0 Å². The molecule has 1 atom stereocenters. The standard InChI is InChI=1S/C19H25NO3/c1-23-19(22)17(13-7-12-15-8-3-2-4-9-15)20-18(21)14-16-10-5-6-11-16/h2-4,7-9,12,16-17H,5-6,10-11,13-14H2,1H3,(H,20,21)/b12-7+/t17-/m1/s1. The predicted octanol–water partition coefficient (Wildman–Crippen LogP) is 3.33. The van der Waals surface area contributed by atoms with Gasteiger partial charge >= 0.3 is 5.97 Å². The van der Waals surface area contributed by atoms with Crippen molar-refractivity contribution in [1.29, 1.82) is 0 Å². The number of amides is 1. The van der Waals surface area contributed by atoms with Gasteiger partial charge in [-0.15, -0.1) is 0 Å². The zero-order valence-electron chi connectivity index (χ0n) is 13.7. The summed E-state index contributed by atoms with van der Waals surface area (Å²) in [5, 5.41) is 2.82. The SMILES string of the molecule is COC(=O)[C@@H](C/C=C/c1ccccc1)NC(=O)CC1CCCC1. The molecule has 1 saturated carbocycles. The Balaban J connectivity index is 1.87. The molecule has 0 heterocycles. The van der Waals surface area contributed by atoms with Gasteiger partial charge in [-0.3, -0.25) is 4.79 Å². The number of benzene rings is 1. The summed E-state index contributed by atoms with van der Waals surface area (Å²) in [6.45, 7) is 0. The Bertz CT molecular complexity index is 533. The third-order valence-corrected chi connectivity index (χ3v) is 4.25. The van der Waals surface area contributed by atoms with Gasteiger partial charge in [0.1, 0.15) is 6.04 Å². The van der Waals surface area contributed by atoms with Gasteiger partial charge in [0.15, 0.2) is 0 Å². The maximum absolute atomic E-state index is 12.1. The first-order valence-corrected chi connectivity index (χ1v) is 8.28. The topological polar surface area (TPSA) is 55.4 Å². The average molecular weight is 315 g/mol. The van der Waals surface area contributed by atoms with Gasteiger partial charge in [0, 0.05) is 6.42 Å². The van der Waals surface area contributed by atoms with Crippen molar-refractivity contribution in [3.05, 3.63) is 42.0 Å². The van der Waals surface area contributed by atoms with Crippen LogP contribution in [-0.4, -0.2) is 25.0 Å². The largest absolute Gasteiger partial charge is 0.467 e. The minimum absolute atomic E-state index is 0.0552. The molecule has 2 rings (SSSR count). The molecule has 0 radical (unpaired) electrons. The fraction of sp³-hybridized carbons (Fsp3) is 0.474. The summed E-state index contributed by atoms with van der Waals surface area (Å²) in [6.07, 6.45) is 9.42. The van der Waals surface area contributed by atoms with E-state index in [1.807, 2.05) is 42.5 Å². The summed E-state index contributed by atoms with van der Waals surface area (Å²) in [6, 6.07) is 9.23. The van der Waals surface area contributed by atoms with Crippen LogP contribution in [0.25, 0.3) is 6.08 Å². The van der Waals surface area contributed by atoms with Crippen molar-refractivity contribution in [2.24, 2.45) is 5.92 Å². The average Bonchev–Trinajstić information content (AvgIpc) is 3.07. The smallest absolute Gasteiger partial charge is 0.328 e. The number of hydrogen-bond donors (Lipinski definition) is 1. The Morgan fingerprint density at radius 1 is 1.26 bits per heavy atom. The Kier molecular flexibility index (Phi) is 6.85. The molecule has 0 bridgehead atoms. The minimum atomic E-state index is -0.617. The summed E-state index contributed by atoms with van der Waals surface area (Å²) >= 11 is 0. The molecule has 0 spiro atoms. The van der Waals surface area contributed by atoms with Crippen LogP contribution >= 0.6 is 0 Å². The molecule has 1 N–H and O–H groups in total. The van der Waals surface area contributed by atoms with Crippen molar-refractivity contribution in [1.82, 2.24) is 5.32 Å². The van der Waals surface area contributed by atoms with Gasteiger partial charge in [0.25, 0.3) is 0 Å². The molecule has 0 aromatic heterocycles. The maximum Gasteiger partial charge on any atom is 0.328 e. The van der Waals surface area contributed by atoms with Crippen molar-refractivity contribution in [3.63, 3.8) is 0 Å². The zero-order chi connectivity index (χ0) is 16.5. The van der Waals surface area contributed by atoms with E-state index >= 15 is 0 Å². The summed E-state index contributed by atoms with van der Waals surface area (Å²) in [5.41, 5.74) is 1.06. The van der Waals surface area contributed by atoms with E-state index in [9.17, 15) is 9.59 Å². The second-order valence-electron chi connectivity index (χ2n) is 6.05. The molecule has 1 fully saturated rings. The summed E-state index contributed by atoms with van der Waals surface area (Å²) in [5.74, 6) is 0.0102. The Morgan fingerprint density at radius 3 is 2.61 bits per heavy atom. The first-order chi connectivity index (χ1) is 11.2. The molecule has 1 aliphatic carbocycles. The Hall–Kier alpha value is -2.10. The quantitative estimate of drug-likeness (QED) is 0.785. The van der Waals surface area contributed by atoms with Gasteiger partial charge in [-0.2, -0.15) is 0 Å². The number of methoxy groups -OCH3 is 1. The fourth-order valence-electron chi connectivity index (χ4n) is 2.99. The van der Waals surface area contributed by atoms with E-state index in [0.29, 0.717) is 18.8 Å². The first-order valence-electron chi connectivity index (χ1n) is 8.28. The maximum atomic E-state index is 12.1. The van der Waals surface area contributed by atoms with Crippen molar-refractivity contribution >= 4 is 18.0 Å². The van der Waals surface area contributed by atoms with Crippen molar-refractivity contribution in [2.45, 2.75) is 44.6 Å². The normalized spacial score (nSPS) is 16.4. The van der Waals surface area contributed by atoms with Gasteiger partial charge in [0.2, 0.25) is 5.91 Å². The lowest BCUT2D eigenvalue weighted by Gasteiger charge is -2.16. The second-order valence-corrected chi connectivity index (χ2v) is 6.05. The molecule has 1 aliphatic rings. The number of nitrogens with one attached hydrogen (secondary N) is 1. The van der Waals surface area contributed by atoms with Crippen LogP contribution in [-0.2, 0) is 14.3 Å². The van der Waals surface area contributed by atoms with E-state index < -0.39 is 12.0 Å². The highest BCUT2D eigenvalue weighted by molar-refractivity contribution is 5.84. The van der Waals surface area contributed by atoms with E-state index in [2.05, 4.69) is 5.32 Å². The van der Waals surface area contributed by atoms with Crippen LogP contribution in [0.2, 0.25) is 0 Å². The van der Waals surface area contributed by atoms with Crippen molar-refractivity contribution < 1.29 is 14.3 Å². The highest BCUT2D eigenvalue weighted by atomic mass is 16.5. The molecule has 0 unspecified atom stereocenters. The van der Waals surface area contributed by atoms with Crippen LogP contribution in [0.4, 0.5) is 0 Å². The molecule has 0 aliphatic heterocycles. The van der Waals surface area contributed by atoms with E-state index in [0.717, 1.165) is 18.4 Å². The molecule has 124 valence electrons. The highest BCUT2D eigenvalue weighted by Crippen LogP contribution is 2.27. The molecule has 1 amide bonds. The lowest BCUT2D eigenvalue weighted by molar-refractivity contribution is -0.145. The van der Waals surface area contributed by atoms with E-state index in [4.69, 9.17) is 4.74 Å². The molecule has 1 aromatic carbocycles. The number of carbonyl (C=O) groups is 2. The molecule has 1 aromatic rings. The molecule has 23 heavy (non-hydrogen) atoms. The van der Waals surface area contributed by atoms with E-state index in [-0.39, 0.29) is 5.91 Å². The third-order valence-electron chi connectivity index (χ3n) is 4.25. The van der Waals surface area contributed by atoms with Gasteiger partial charge in [-0.25, -0.2) is 4.79 Å². The molecular weight excluding hydrogens is 290 g/mol. The van der Waals surface area contributed by atoms with E-state index in [1.165, 1.54) is 20.0 Å². The van der Waals surface area contributed by atoms with Crippen LogP contribution < -0.4 is 5.32 Å². The lowest BCUT2D eigenvalue weighted by Crippen LogP contribution is -2.41. The second kappa shape index (κ2) is 9.13. The van der Waals surface area contributed by atoms with E-state index in [1.54, 1.807) is 0 Å². The minimum Gasteiger partial charge on any atom is -0.467 e. The number of ether oxygens (including phenoxy) is 1. The van der Waals surface area contributed by atoms with Crippen molar-refractivity contribution in [2.75, 3.05) is 7.11 Å². The van der Waals surface area contributed by atoms with Crippen LogP contribution in [0, 0.1) is 5.92 Å². The monoisotopic (exact) mass is 315 g/mol. The molecule has 4 heteroatoms. The van der Waals surface area contributed by atoms with Gasteiger partial charge in [0.05, 0.1) is 7.11 Å². The first kappa shape index (κ1) is 17.3. The zero-order valence-corrected chi connectivity index (χ0v) is 13.7. The molecule has 0 saturated heterocycles. The van der Waals surface area contributed by atoms with Crippen molar-refractivity contribution in [3.8, 4) is 0 Å². The predicted molar refractivity (Wildman–Crippen MR) is 90.6 cm³/mol. The van der Waals surface area contributed by atoms with Crippen LogP contribution in [0.1, 0.15) is 44.1 Å². The molecular formula is C19H25NO3. The fourth-order valence-corrected chi connectivity index (χ4v) is 2.99. The number of esters is 1. The third kappa shape index (κ3) is 5.89.